The van der Waals surface area contributed by atoms with Gasteiger partial charge in [-0.3, -0.25) is 4.57 Å². The zero-order valence-electron chi connectivity index (χ0n) is 15.6. The summed E-state index contributed by atoms with van der Waals surface area (Å²) in [6.07, 6.45) is 0. The Balaban J connectivity index is 2.67. The molecular weight excluding hydrogens is 319 g/mol. The fourth-order valence-electron chi connectivity index (χ4n) is 2.97. The highest BCUT2D eigenvalue weighted by atomic mass is 31.2. The molecule has 0 spiro atoms. The summed E-state index contributed by atoms with van der Waals surface area (Å²) in [6, 6.07) is 9.38. The Hall–Kier alpha value is -1.73. The van der Waals surface area contributed by atoms with Gasteiger partial charge in [-0.1, -0.05) is 12.1 Å². The Labute approximate surface area is 145 Å². The maximum atomic E-state index is 14.0. The van der Waals surface area contributed by atoms with Crippen molar-refractivity contribution < 1.29 is 14.2 Å². The van der Waals surface area contributed by atoms with Gasteiger partial charge in [-0.2, -0.15) is 0 Å². The van der Waals surface area contributed by atoms with Crippen molar-refractivity contribution in [2.24, 2.45) is 0 Å². The Morgan fingerprint density at radius 3 is 1.83 bits per heavy atom. The number of aryl methyl sites for hydroxylation is 4. The van der Waals surface area contributed by atoms with Crippen LogP contribution in [0.4, 0.5) is 0 Å². The molecule has 1 atom stereocenters. The molecule has 4 heteroatoms. The Kier molecular flexibility index (Phi) is 4.88. The van der Waals surface area contributed by atoms with Crippen molar-refractivity contribution in [2.45, 2.75) is 53.6 Å². The summed E-state index contributed by atoms with van der Waals surface area (Å²) in [4.78, 5) is 0. The maximum Gasteiger partial charge on any atom is 0.286 e. The zero-order valence-corrected chi connectivity index (χ0v) is 16.5. The van der Waals surface area contributed by atoms with Crippen LogP contribution in [0.1, 0.15) is 43.0 Å². The molecule has 0 bridgehead atoms. The summed E-state index contributed by atoms with van der Waals surface area (Å²) in [5, 5.41) is 10.3. The highest BCUT2D eigenvalue weighted by Gasteiger charge is 2.44. The van der Waals surface area contributed by atoms with Crippen LogP contribution in [-0.4, -0.2) is 10.3 Å². The lowest BCUT2D eigenvalue weighted by molar-refractivity contribution is 0.452. The number of phenols is 1. The first-order valence-corrected chi connectivity index (χ1v) is 9.75. The van der Waals surface area contributed by atoms with Crippen LogP contribution in [0.15, 0.2) is 30.3 Å². The van der Waals surface area contributed by atoms with Crippen molar-refractivity contribution in [3.63, 3.8) is 0 Å². The molecule has 0 aliphatic rings. The summed E-state index contributed by atoms with van der Waals surface area (Å²) in [6.45, 7) is 13.4. The highest BCUT2D eigenvalue weighted by Crippen LogP contribution is 2.59. The summed E-state index contributed by atoms with van der Waals surface area (Å²) in [7, 11) is -3.36. The van der Waals surface area contributed by atoms with Gasteiger partial charge in [0.25, 0.3) is 7.37 Å². The van der Waals surface area contributed by atoms with Crippen molar-refractivity contribution in [3.8, 4) is 11.5 Å². The third kappa shape index (κ3) is 3.52. The first-order valence-electron chi connectivity index (χ1n) is 8.13. The van der Waals surface area contributed by atoms with Crippen LogP contribution in [0.5, 0.6) is 11.5 Å². The van der Waals surface area contributed by atoms with E-state index >= 15 is 0 Å². The smallest absolute Gasteiger partial charge is 0.286 e. The van der Waals surface area contributed by atoms with Crippen molar-refractivity contribution >= 4 is 12.7 Å². The third-order valence-electron chi connectivity index (χ3n) is 4.03. The molecule has 0 aliphatic heterocycles. The van der Waals surface area contributed by atoms with Crippen molar-refractivity contribution in [3.05, 3.63) is 52.6 Å². The number of phenolic OH excluding ortho intramolecular Hbond substituents is 1. The topological polar surface area (TPSA) is 46.5 Å². The van der Waals surface area contributed by atoms with E-state index in [1.807, 2.05) is 72.7 Å². The van der Waals surface area contributed by atoms with Crippen LogP contribution in [0.2, 0.25) is 0 Å². The Morgan fingerprint density at radius 2 is 1.38 bits per heavy atom. The minimum atomic E-state index is -3.36. The van der Waals surface area contributed by atoms with E-state index in [4.69, 9.17) is 4.52 Å². The molecule has 0 heterocycles. The van der Waals surface area contributed by atoms with E-state index in [1.54, 1.807) is 6.07 Å². The lowest BCUT2D eigenvalue weighted by Gasteiger charge is -2.33. The quantitative estimate of drug-likeness (QED) is 0.756. The van der Waals surface area contributed by atoms with Gasteiger partial charge >= 0.3 is 0 Å². The fraction of sp³-hybridized carbons (Fsp3) is 0.400. The molecule has 1 unspecified atom stereocenters. The fourth-order valence-corrected chi connectivity index (χ4v) is 5.31. The van der Waals surface area contributed by atoms with Gasteiger partial charge in [-0.05, 0) is 88.9 Å². The lowest BCUT2D eigenvalue weighted by Crippen LogP contribution is -2.28. The van der Waals surface area contributed by atoms with Gasteiger partial charge in [-0.15, -0.1) is 0 Å². The average Bonchev–Trinajstić information content (AvgIpc) is 2.34. The summed E-state index contributed by atoms with van der Waals surface area (Å²) in [5.41, 5.74) is 3.82. The molecule has 0 saturated carbocycles. The second-order valence-electron chi connectivity index (χ2n) is 7.59. The van der Waals surface area contributed by atoms with Gasteiger partial charge in [0.2, 0.25) is 0 Å². The number of aromatic hydroxyl groups is 1. The van der Waals surface area contributed by atoms with E-state index in [1.165, 1.54) is 0 Å². The molecular formula is C20H27O3P. The van der Waals surface area contributed by atoms with Gasteiger partial charge in [0, 0.05) is 0 Å². The predicted molar refractivity (Wildman–Crippen MR) is 101 cm³/mol. The van der Waals surface area contributed by atoms with Crippen molar-refractivity contribution in [2.75, 3.05) is 0 Å². The summed E-state index contributed by atoms with van der Waals surface area (Å²) < 4.78 is 20.1. The molecule has 0 saturated heterocycles. The van der Waals surface area contributed by atoms with E-state index in [-0.39, 0.29) is 5.75 Å². The van der Waals surface area contributed by atoms with Gasteiger partial charge in [0.15, 0.2) is 0 Å². The summed E-state index contributed by atoms with van der Waals surface area (Å²) >= 11 is 0. The van der Waals surface area contributed by atoms with E-state index in [0.29, 0.717) is 11.1 Å². The van der Waals surface area contributed by atoms with Crippen molar-refractivity contribution in [1.29, 1.82) is 0 Å². The molecule has 0 fully saturated rings. The highest BCUT2D eigenvalue weighted by molar-refractivity contribution is 7.69. The zero-order chi connectivity index (χ0) is 18.3. The second kappa shape index (κ2) is 6.29. The van der Waals surface area contributed by atoms with Crippen LogP contribution in [-0.2, 0) is 4.57 Å². The van der Waals surface area contributed by atoms with Crippen LogP contribution in [0, 0.1) is 27.7 Å². The van der Waals surface area contributed by atoms with E-state index in [2.05, 4.69) is 0 Å². The molecule has 0 aromatic heterocycles. The van der Waals surface area contributed by atoms with Gasteiger partial charge in [0.1, 0.15) is 11.5 Å². The molecule has 0 radical (unpaired) electrons. The minimum Gasteiger partial charge on any atom is -0.507 e. The second-order valence-corrected chi connectivity index (χ2v) is 10.7. The average molecular weight is 346 g/mol. The Bertz CT molecular complexity index is 773. The standard InChI is InChI=1S/C20H27O3P/c1-13-8-14(2)11-17(10-13)23-24(22,20(5,6)7)19-16(4)9-15(3)12-18(19)21/h8-12,21H,1-7H3. The molecule has 1 N–H and O–H groups in total. The monoisotopic (exact) mass is 346 g/mol. The third-order valence-corrected chi connectivity index (χ3v) is 7.44. The van der Waals surface area contributed by atoms with E-state index in [0.717, 1.165) is 22.3 Å². The van der Waals surface area contributed by atoms with Crippen LogP contribution in [0.25, 0.3) is 0 Å². The molecule has 2 aromatic rings. The Morgan fingerprint density at radius 1 is 0.875 bits per heavy atom. The largest absolute Gasteiger partial charge is 0.507 e. The van der Waals surface area contributed by atoms with Crippen LogP contribution in [0.3, 0.4) is 0 Å². The SMILES string of the molecule is Cc1cc(C)cc(OP(=O)(c2c(C)cc(C)cc2O)C(C)(C)C)c1. The molecule has 24 heavy (non-hydrogen) atoms. The normalized spacial score (nSPS) is 14.3. The predicted octanol–water partition coefficient (Wildman–Crippen LogP) is 5.41. The molecule has 2 aromatic carbocycles. The van der Waals surface area contributed by atoms with E-state index < -0.39 is 12.5 Å². The van der Waals surface area contributed by atoms with E-state index in [9.17, 15) is 9.67 Å². The lowest BCUT2D eigenvalue weighted by atomic mass is 10.1. The van der Waals surface area contributed by atoms with Gasteiger partial charge < -0.3 is 9.63 Å². The number of benzene rings is 2. The molecule has 130 valence electrons. The van der Waals surface area contributed by atoms with Crippen LogP contribution >= 0.6 is 7.37 Å². The van der Waals surface area contributed by atoms with Crippen molar-refractivity contribution in [1.82, 2.24) is 0 Å². The first-order chi connectivity index (χ1) is 10.9. The molecule has 2 rings (SSSR count). The van der Waals surface area contributed by atoms with Gasteiger partial charge in [-0.25, -0.2) is 0 Å². The maximum absolute atomic E-state index is 14.0. The van der Waals surface area contributed by atoms with Crippen LogP contribution < -0.4 is 9.83 Å². The molecule has 0 aliphatic carbocycles. The molecule has 3 nitrogen and oxygen atoms in total. The minimum absolute atomic E-state index is 0.0372. The molecule has 0 amide bonds. The number of hydrogen-bond donors (Lipinski definition) is 1. The first kappa shape index (κ1) is 18.6. The number of hydrogen-bond acceptors (Lipinski definition) is 3. The summed E-state index contributed by atoms with van der Waals surface area (Å²) in [5.74, 6) is 0.611. The number of rotatable bonds is 3. The van der Waals surface area contributed by atoms with Gasteiger partial charge in [0.05, 0.1) is 10.5 Å².